The van der Waals surface area contributed by atoms with E-state index in [4.69, 9.17) is 10.00 Å². The molecule has 0 fully saturated rings. The van der Waals surface area contributed by atoms with Crippen LogP contribution in [0.1, 0.15) is 36.5 Å². The number of aryl methyl sites for hydroxylation is 1. The highest BCUT2D eigenvalue weighted by Gasteiger charge is 2.62. The number of rotatable bonds is 3. The van der Waals surface area contributed by atoms with E-state index in [0.717, 1.165) is 0 Å². The average molecular weight is 378 g/mol. The molecular formula is C18H17F3N4O2. The van der Waals surface area contributed by atoms with E-state index in [2.05, 4.69) is 15.3 Å². The molecule has 1 atom stereocenters. The number of halogens is 3. The van der Waals surface area contributed by atoms with Crippen molar-refractivity contribution < 1.29 is 17.9 Å². The summed E-state index contributed by atoms with van der Waals surface area (Å²) in [5, 5.41) is 11.9. The molecular weight excluding hydrogens is 361 g/mol. The lowest BCUT2D eigenvalue weighted by Gasteiger charge is -2.41. The molecule has 27 heavy (non-hydrogen) atoms. The van der Waals surface area contributed by atoms with E-state index in [1.165, 1.54) is 25.1 Å². The monoisotopic (exact) mass is 378 g/mol. The van der Waals surface area contributed by atoms with Crippen molar-refractivity contribution in [3.8, 4) is 6.07 Å². The average Bonchev–Trinajstić information content (AvgIpc) is 2.57. The molecule has 0 spiro atoms. The summed E-state index contributed by atoms with van der Waals surface area (Å²) in [4.78, 5) is 18.8. The molecule has 0 radical (unpaired) electrons. The molecule has 0 saturated heterocycles. The fraction of sp³-hybridized carbons (Fsp3) is 0.389. The van der Waals surface area contributed by atoms with Crippen LogP contribution in [-0.4, -0.2) is 28.9 Å². The predicted molar refractivity (Wildman–Crippen MR) is 92.0 cm³/mol. The van der Waals surface area contributed by atoms with Gasteiger partial charge in [-0.1, -0.05) is 0 Å². The van der Waals surface area contributed by atoms with Crippen LogP contribution in [0.3, 0.4) is 0 Å². The summed E-state index contributed by atoms with van der Waals surface area (Å²) in [6.07, 6.45) is -5.30. The molecule has 0 bridgehead atoms. The van der Waals surface area contributed by atoms with Gasteiger partial charge < -0.3 is 15.0 Å². The van der Waals surface area contributed by atoms with Gasteiger partial charge in [0.15, 0.2) is 5.41 Å². The van der Waals surface area contributed by atoms with E-state index >= 15 is 0 Å². The van der Waals surface area contributed by atoms with Crippen LogP contribution in [0.4, 0.5) is 24.5 Å². The van der Waals surface area contributed by atoms with Crippen LogP contribution in [0.25, 0.3) is 0 Å². The van der Waals surface area contributed by atoms with Crippen LogP contribution in [0, 0.1) is 18.3 Å². The first-order chi connectivity index (χ1) is 12.6. The Balaban J connectivity index is 2.42. The molecule has 1 aromatic heterocycles. The van der Waals surface area contributed by atoms with Crippen molar-refractivity contribution in [2.45, 2.75) is 38.5 Å². The second kappa shape index (κ2) is 6.39. The molecule has 2 aromatic rings. The SMILES string of the molecule is Cc1nc2c(c(=O)[nH]1)Nc1ccc(C#N)cc1C2(COC(C)C)C(F)(F)F. The third kappa shape index (κ3) is 2.96. The number of benzene rings is 1. The number of nitrogens with zero attached hydrogens (tertiary/aromatic N) is 2. The van der Waals surface area contributed by atoms with Crippen molar-refractivity contribution in [1.29, 1.82) is 5.26 Å². The van der Waals surface area contributed by atoms with Gasteiger partial charge in [0.25, 0.3) is 5.56 Å². The third-order valence-electron chi connectivity index (χ3n) is 4.43. The zero-order valence-corrected chi connectivity index (χ0v) is 14.9. The summed E-state index contributed by atoms with van der Waals surface area (Å²) >= 11 is 0. The summed E-state index contributed by atoms with van der Waals surface area (Å²) in [5.41, 5.74) is -4.16. The number of H-pyrrole nitrogens is 1. The van der Waals surface area contributed by atoms with Gasteiger partial charge in [0.2, 0.25) is 0 Å². The summed E-state index contributed by atoms with van der Waals surface area (Å²) < 4.78 is 49.1. The smallest absolute Gasteiger partial charge is 0.377 e. The largest absolute Gasteiger partial charge is 0.406 e. The first kappa shape index (κ1) is 18.9. The van der Waals surface area contributed by atoms with Gasteiger partial charge in [-0.15, -0.1) is 0 Å². The van der Waals surface area contributed by atoms with Crippen LogP contribution in [0.2, 0.25) is 0 Å². The van der Waals surface area contributed by atoms with E-state index in [9.17, 15) is 18.0 Å². The molecule has 1 unspecified atom stereocenters. The van der Waals surface area contributed by atoms with Crippen LogP contribution in [-0.2, 0) is 10.2 Å². The Kier molecular flexibility index (Phi) is 4.48. The Hall–Kier alpha value is -2.86. The molecule has 0 saturated carbocycles. The lowest BCUT2D eigenvalue weighted by molar-refractivity contribution is -0.196. The van der Waals surface area contributed by atoms with Crippen molar-refractivity contribution in [2.24, 2.45) is 0 Å². The van der Waals surface area contributed by atoms with E-state index in [1.807, 2.05) is 6.07 Å². The molecule has 3 rings (SSSR count). The summed E-state index contributed by atoms with van der Waals surface area (Å²) in [6.45, 7) is 3.89. The summed E-state index contributed by atoms with van der Waals surface area (Å²) in [5.74, 6) is 0.0543. The van der Waals surface area contributed by atoms with Gasteiger partial charge in [0.1, 0.15) is 11.5 Å². The standard InChI is InChI=1S/C18H17F3N4O2/c1-9(2)27-8-17(18(19,20)21)12-6-11(7-22)4-5-13(12)25-14-15(17)23-10(3)24-16(14)26/h4-6,9,25H,8H2,1-3H3,(H,23,24,26). The van der Waals surface area contributed by atoms with Crippen LogP contribution in [0.15, 0.2) is 23.0 Å². The van der Waals surface area contributed by atoms with Gasteiger partial charge in [-0.05, 0) is 39.0 Å². The minimum atomic E-state index is -4.82. The number of ether oxygens (including phenoxy) is 1. The van der Waals surface area contributed by atoms with Crippen molar-refractivity contribution in [3.05, 3.63) is 51.2 Å². The Morgan fingerprint density at radius 3 is 2.67 bits per heavy atom. The first-order valence-corrected chi connectivity index (χ1v) is 8.21. The van der Waals surface area contributed by atoms with Crippen molar-refractivity contribution >= 4 is 11.4 Å². The van der Waals surface area contributed by atoms with Gasteiger partial charge in [0, 0.05) is 11.3 Å². The maximum absolute atomic E-state index is 14.6. The van der Waals surface area contributed by atoms with Gasteiger partial charge in [-0.25, -0.2) is 4.98 Å². The van der Waals surface area contributed by atoms with Crippen molar-refractivity contribution in [1.82, 2.24) is 9.97 Å². The molecule has 1 aliphatic rings. The van der Waals surface area contributed by atoms with Gasteiger partial charge >= 0.3 is 6.18 Å². The number of aromatic amines is 1. The maximum Gasteiger partial charge on any atom is 0.406 e. The number of fused-ring (bicyclic) bond motifs is 2. The molecule has 1 aliphatic heterocycles. The molecule has 2 heterocycles. The predicted octanol–water partition coefficient (Wildman–Crippen LogP) is 3.28. The lowest BCUT2D eigenvalue weighted by atomic mass is 9.73. The fourth-order valence-corrected chi connectivity index (χ4v) is 3.16. The quantitative estimate of drug-likeness (QED) is 0.855. The van der Waals surface area contributed by atoms with Crippen molar-refractivity contribution in [2.75, 3.05) is 11.9 Å². The normalized spacial score (nSPS) is 18.4. The lowest BCUT2D eigenvalue weighted by Crippen LogP contribution is -2.51. The molecule has 1 aromatic carbocycles. The molecule has 2 N–H and O–H groups in total. The minimum absolute atomic E-state index is 0.0543. The van der Waals surface area contributed by atoms with E-state index in [0.29, 0.717) is 0 Å². The second-order valence-corrected chi connectivity index (χ2v) is 6.63. The molecule has 0 amide bonds. The number of hydrogen-bond donors (Lipinski definition) is 2. The van der Waals surface area contributed by atoms with E-state index < -0.39 is 35.6 Å². The number of hydrogen-bond acceptors (Lipinski definition) is 5. The summed E-state index contributed by atoms with van der Waals surface area (Å²) in [6, 6.07) is 5.76. The Morgan fingerprint density at radius 2 is 2.07 bits per heavy atom. The third-order valence-corrected chi connectivity index (χ3v) is 4.43. The number of nitrogens with one attached hydrogen (secondary N) is 2. The minimum Gasteiger partial charge on any atom is -0.377 e. The zero-order chi connectivity index (χ0) is 20.0. The second-order valence-electron chi connectivity index (χ2n) is 6.63. The number of nitriles is 1. The van der Waals surface area contributed by atoms with Crippen LogP contribution in [0.5, 0.6) is 0 Å². The maximum atomic E-state index is 14.6. The number of anilines is 2. The zero-order valence-electron chi connectivity index (χ0n) is 14.9. The Labute approximate surface area is 153 Å². The van der Waals surface area contributed by atoms with Crippen LogP contribution < -0.4 is 10.9 Å². The molecule has 9 heteroatoms. The molecule has 6 nitrogen and oxygen atoms in total. The van der Waals surface area contributed by atoms with Crippen molar-refractivity contribution in [3.63, 3.8) is 0 Å². The highest BCUT2D eigenvalue weighted by atomic mass is 19.4. The van der Waals surface area contributed by atoms with E-state index in [1.54, 1.807) is 13.8 Å². The Morgan fingerprint density at radius 1 is 1.37 bits per heavy atom. The number of aromatic nitrogens is 2. The van der Waals surface area contributed by atoms with Gasteiger partial charge in [0.05, 0.1) is 30.0 Å². The van der Waals surface area contributed by atoms with Gasteiger partial charge in [-0.3, -0.25) is 4.79 Å². The fourth-order valence-electron chi connectivity index (χ4n) is 3.16. The first-order valence-electron chi connectivity index (χ1n) is 8.21. The topological polar surface area (TPSA) is 90.8 Å². The molecule has 142 valence electrons. The number of alkyl halides is 3. The highest BCUT2D eigenvalue weighted by Crippen LogP contribution is 2.53. The van der Waals surface area contributed by atoms with E-state index in [-0.39, 0.29) is 28.3 Å². The Bertz CT molecular complexity index is 992. The highest BCUT2D eigenvalue weighted by molar-refractivity contribution is 5.75. The van der Waals surface area contributed by atoms with Gasteiger partial charge in [-0.2, -0.15) is 18.4 Å². The van der Waals surface area contributed by atoms with Crippen LogP contribution >= 0.6 is 0 Å². The molecule has 0 aliphatic carbocycles. The summed E-state index contributed by atoms with van der Waals surface area (Å²) in [7, 11) is 0.